The van der Waals surface area contributed by atoms with Gasteiger partial charge in [0.15, 0.2) is 0 Å². The monoisotopic (exact) mass is 238 g/mol. The van der Waals surface area contributed by atoms with Crippen LogP contribution in [0.1, 0.15) is 19.4 Å². The Labute approximate surface area is 101 Å². The summed E-state index contributed by atoms with van der Waals surface area (Å²) in [5, 5.41) is 12.2. The van der Waals surface area contributed by atoms with Crippen LogP contribution in [0.15, 0.2) is 18.2 Å². The molecule has 0 fully saturated rings. The van der Waals surface area contributed by atoms with Crippen molar-refractivity contribution in [2.24, 2.45) is 0 Å². The van der Waals surface area contributed by atoms with Crippen LogP contribution in [0.3, 0.4) is 0 Å². The number of hydrogen-bond donors (Lipinski definition) is 3. The van der Waals surface area contributed by atoms with E-state index in [4.69, 9.17) is 10.5 Å². The van der Waals surface area contributed by atoms with Crippen molar-refractivity contribution in [3.63, 3.8) is 0 Å². The van der Waals surface area contributed by atoms with Crippen LogP contribution in [0.25, 0.3) is 0 Å². The fraction of sp³-hybridized carbons (Fsp3) is 0.417. The fourth-order valence-corrected chi connectivity index (χ4v) is 1.23. The van der Waals surface area contributed by atoms with E-state index >= 15 is 0 Å². The Balaban J connectivity index is 2.44. The molecule has 0 spiro atoms. The van der Waals surface area contributed by atoms with Crippen molar-refractivity contribution in [1.82, 2.24) is 5.32 Å². The first kappa shape index (κ1) is 13.3. The van der Waals surface area contributed by atoms with Gasteiger partial charge in [0.2, 0.25) is 5.91 Å². The maximum absolute atomic E-state index is 11.4. The van der Waals surface area contributed by atoms with Gasteiger partial charge >= 0.3 is 0 Å². The normalized spacial score (nSPS) is 10.5. The van der Waals surface area contributed by atoms with Gasteiger partial charge in [-0.15, -0.1) is 0 Å². The Morgan fingerprint density at radius 1 is 1.53 bits per heavy atom. The molecule has 0 unspecified atom stereocenters. The lowest BCUT2D eigenvalue weighted by Crippen LogP contribution is -2.28. The number of nitrogens with one attached hydrogen (secondary N) is 1. The minimum absolute atomic E-state index is 0.0146. The van der Waals surface area contributed by atoms with E-state index < -0.39 is 0 Å². The number of phenols is 1. The molecular formula is C12H18N2O3. The number of carbonyl (C=O) groups is 1. The molecule has 0 saturated heterocycles. The van der Waals surface area contributed by atoms with Gasteiger partial charge in [-0.2, -0.15) is 0 Å². The van der Waals surface area contributed by atoms with Crippen molar-refractivity contribution in [2.45, 2.75) is 26.5 Å². The Morgan fingerprint density at radius 3 is 2.88 bits per heavy atom. The Kier molecular flexibility index (Phi) is 4.78. The van der Waals surface area contributed by atoms with Crippen molar-refractivity contribution >= 4 is 11.6 Å². The SMILES string of the molecule is CC(C)OCC(=O)NCc1cc(N)ccc1O. The number of hydrogen-bond acceptors (Lipinski definition) is 4. The molecule has 17 heavy (non-hydrogen) atoms. The van der Waals surface area contributed by atoms with E-state index in [1.807, 2.05) is 13.8 Å². The van der Waals surface area contributed by atoms with E-state index in [2.05, 4.69) is 5.32 Å². The number of nitrogen functional groups attached to an aromatic ring is 1. The van der Waals surface area contributed by atoms with E-state index in [1.54, 1.807) is 12.1 Å². The number of anilines is 1. The minimum Gasteiger partial charge on any atom is -0.508 e. The molecule has 4 N–H and O–H groups in total. The molecule has 0 saturated carbocycles. The molecule has 0 atom stereocenters. The Hall–Kier alpha value is -1.75. The number of amides is 1. The van der Waals surface area contributed by atoms with Crippen molar-refractivity contribution in [1.29, 1.82) is 0 Å². The maximum Gasteiger partial charge on any atom is 0.246 e. The quantitative estimate of drug-likeness (QED) is 0.528. The van der Waals surface area contributed by atoms with Crippen LogP contribution in [-0.4, -0.2) is 23.7 Å². The second-order valence-corrected chi connectivity index (χ2v) is 4.02. The highest BCUT2D eigenvalue weighted by Crippen LogP contribution is 2.19. The predicted octanol–water partition coefficient (Wildman–Crippen LogP) is 1.02. The highest BCUT2D eigenvalue weighted by atomic mass is 16.5. The lowest BCUT2D eigenvalue weighted by molar-refractivity contribution is -0.127. The zero-order valence-corrected chi connectivity index (χ0v) is 10.1. The van der Waals surface area contributed by atoms with Crippen LogP contribution >= 0.6 is 0 Å². The molecule has 0 aliphatic rings. The zero-order chi connectivity index (χ0) is 12.8. The first-order valence-corrected chi connectivity index (χ1v) is 5.44. The van der Waals surface area contributed by atoms with E-state index in [9.17, 15) is 9.90 Å². The van der Waals surface area contributed by atoms with Crippen LogP contribution in [0.5, 0.6) is 5.75 Å². The summed E-state index contributed by atoms with van der Waals surface area (Å²) in [5.74, 6) is -0.107. The first-order chi connectivity index (χ1) is 7.99. The van der Waals surface area contributed by atoms with Crippen molar-refractivity contribution < 1.29 is 14.6 Å². The third-order valence-corrected chi connectivity index (χ3v) is 2.13. The number of benzene rings is 1. The average Bonchev–Trinajstić information content (AvgIpc) is 2.27. The highest BCUT2D eigenvalue weighted by molar-refractivity contribution is 5.77. The number of carbonyl (C=O) groups excluding carboxylic acids is 1. The molecule has 5 heteroatoms. The average molecular weight is 238 g/mol. The summed E-state index contributed by atoms with van der Waals surface area (Å²) in [5.41, 5.74) is 6.72. The summed E-state index contributed by atoms with van der Waals surface area (Å²) in [6.45, 7) is 3.96. The lowest BCUT2D eigenvalue weighted by atomic mass is 10.2. The van der Waals surface area contributed by atoms with E-state index in [0.29, 0.717) is 11.3 Å². The van der Waals surface area contributed by atoms with Gasteiger partial charge in [0.25, 0.3) is 0 Å². The maximum atomic E-state index is 11.4. The minimum atomic E-state index is -0.222. The number of aromatic hydroxyl groups is 1. The highest BCUT2D eigenvalue weighted by Gasteiger charge is 2.06. The molecule has 94 valence electrons. The number of rotatable bonds is 5. The van der Waals surface area contributed by atoms with Gasteiger partial charge in [0, 0.05) is 17.8 Å². The van der Waals surface area contributed by atoms with Crippen LogP contribution in [0.2, 0.25) is 0 Å². The van der Waals surface area contributed by atoms with Crippen molar-refractivity contribution in [2.75, 3.05) is 12.3 Å². The van der Waals surface area contributed by atoms with Crippen LogP contribution in [-0.2, 0) is 16.1 Å². The van der Waals surface area contributed by atoms with Gasteiger partial charge in [-0.05, 0) is 32.0 Å². The molecule has 0 heterocycles. The first-order valence-electron chi connectivity index (χ1n) is 5.44. The van der Waals surface area contributed by atoms with Crippen molar-refractivity contribution in [3.05, 3.63) is 23.8 Å². The van der Waals surface area contributed by atoms with Gasteiger partial charge in [0.1, 0.15) is 12.4 Å². The molecule has 1 aromatic rings. The summed E-state index contributed by atoms with van der Waals surface area (Å²) >= 11 is 0. The predicted molar refractivity (Wildman–Crippen MR) is 65.5 cm³/mol. The molecular weight excluding hydrogens is 220 g/mol. The van der Waals surface area contributed by atoms with Crippen LogP contribution in [0.4, 0.5) is 5.69 Å². The molecule has 0 radical (unpaired) electrons. The standard InChI is InChI=1S/C12H18N2O3/c1-8(2)17-7-12(16)14-6-9-5-10(13)3-4-11(9)15/h3-5,8,15H,6-7,13H2,1-2H3,(H,14,16). The lowest BCUT2D eigenvalue weighted by Gasteiger charge is -2.09. The van der Waals surface area contributed by atoms with Crippen LogP contribution in [0, 0.1) is 0 Å². The molecule has 1 amide bonds. The zero-order valence-electron chi connectivity index (χ0n) is 10.1. The summed E-state index contributed by atoms with van der Waals surface area (Å²) in [6, 6.07) is 4.73. The molecule has 0 aliphatic heterocycles. The second kappa shape index (κ2) is 6.10. The summed E-state index contributed by atoms with van der Waals surface area (Å²) in [6.07, 6.45) is 0.0153. The molecule has 0 aliphatic carbocycles. The Bertz CT molecular complexity index is 391. The molecule has 1 aromatic carbocycles. The molecule has 0 aromatic heterocycles. The topological polar surface area (TPSA) is 84.6 Å². The Morgan fingerprint density at radius 2 is 2.24 bits per heavy atom. The second-order valence-electron chi connectivity index (χ2n) is 4.02. The van der Waals surface area contributed by atoms with E-state index in [1.165, 1.54) is 6.07 Å². The van der Waals surface area contributed by atoms with Crippen molar-refractivity contribution in [3.8, 4) is 5.75 Å². The van der Waals surface area contributed by atoms with E-state index in [-0.39, 0.29) is 30.9 Å². The number of nitrogens with two attached hydrogens (primary N) is 1. The van der Waals surface area contributed by atoms with Gasteiger partial charge in [-0.1, -0.05) is 0 Å². The summed E-state index contributed by atoms with van der Waals surface area (Å²) < 4.78 is 5.15. The smallest absolute Gasteiger partial charge is 0.246 e. The van der Waals surface area contributed by atoms with Gasteiger partial charge < -0.3 is 20.9 Å². The molecule has 1 rings (SSSR count). The van der Waals surface area contributed by atoms with Gasteiger partial charge in [0.05, 0.1) is 6.10 Å². The van der Waals surface area contributed by atoms with E-state index in [0.717, 1.165) is 0 Å². The number of phenolic OH excluding ortho intramolecular Hbond substituents is 1. The van der Waals surface area contributed by atoms with Gasteiger partial charge in [-0.25, -0.2) is 0 Å². The van der Waals surface area contributed by atoms with Gasteiger partial charge in [-0.3, -0.25) is 4.79 Å². The van der Waals surface area contributed by atoms with Crippen LogP contribution < -0.4 is 11.1 Å². The largest absolute Gasteiger partial charge is 0.508 e. The molecule has 5 nitrogen and oxygen atoms in total. The fourth-order valence-electron chi connectivity index (χ4n) is 1.23. The third kappa shape index (κ3) is 4.74. The molecule has 0 bridgehead atoms. The summed E-state index contributed by atoms with van der Waals surface area (Å²) in [4.78, 5) is 11.4. The summed E-state index contributed by atoms with van der Waals surface area (Å²) in [7, 11) is 0. The number of ether oxygens (including phenoxy) is 1. The third-order valence-electron chi connectivity index (χ3n) is 2.13.